The summed E-state index contributed by atoms with van der Waals surface area (Å²) in [5.41, 5.74) is -0.941. The highest BCUT2D eigenvalue weighted by atomic mass is 19.1. The van der Waals surface area contributed by atoms with Gasteiger partial charge in [0.05, 0.1) is 0 Å². The zero-order chi connectivity index (χ0) is 12.5. The van der Waals surface area contributed by atoms with Crippen LogP contribution in [0.2, 0.25) is 0 Å². The molecule has 2 N–H and O–H groups in total. The minimum atomic E-state index is -1.90. The van der Waals surface area contributed by atoms with Crippen LogP contribution in [0.15, 0.2) is 18.2 Å². The summed E-state index contributed by atoms with van der Waals surface area (Å²) in [6, 6.07) is 4.46. The van der Waals surface area contributed by atoms with E-state index in [2.05, 4.69) is 0 Å². The van der Waals surface area contributed by atoms with Crippen molar-refractivity contribution in [3.63, 3.8) is 0 Å². The molecule has 0 radical (unpaired) electrons. The first-order chi connectivity index (χ1) is 7.26. The Morgan fingerprint density at radius 2 is 2.06 bits per heavy atom. The van der Waals surface area contributed by atoms with Crippen molar-refractivity contribution >= 4 is 5.97 Å². The maximum Gasteiger partial charge on any atom is 0.336 e. The molecule has 0 aliphatic rings. The van der Waals surface area contributed by atoms with Crippen LogP contribution < -0.4 is 0 Å². The predicted molar refractivity (Wildman–Crippen MR) is 57.8 cm³/mol. The highest BCUT2D eigenvalue weighted by Crippen LogP contribution is 2.29. The molecule has 1 aromatic carbocycles. The van der Waals surface area contributed by atoms with Gasteiger partial charge in [0.15, 0.2) is 5.60 Å². The average Bonchev–Trinajstić information content (AvgIpc) is 2.20. The topological polar surface area (TPSA) is 57.5 Å². The third-order valence-corrected chi connectivity index (χ3v) is 2.97. The lowest BCUT2D eigenvalue weighted by molar-refractivity contribution is -0.158. The number of carboxylic acids is 1. The van der Waals surface area contributed by atoms with Crippen molar-refractivity contribution in [3.05, 3.63) is 35.1 Å². The number of halogens is 1. The van der Waals surface area contributed by atoms with Gasteiger partial charge in [-0.1, -0.05) is 19.1 Å². The van der Waals surface area contributed by atoms with E-state index in [9.17, 15) is 14.3 Å². The molecule has 0 bridgehead atoms. The number of carboxylic acid groups (broad SMARTS) is 1. The first-order valence-electron chi connectivity index (χ1n) is 4.98. The Balaban J connectivity index is 3.10. The summed E-state index contributed by atoms with van der Waals surface area (Å²) in [5.74, 6) is -2.40. The first kappa shape index (κ1) is 12.6. The second kappa shape index (κ2) is 4.22. The Kier molecular flexibility index (Phi) is 3.33. The highest BCUT2D eigenvalue weighted by molar-refractivity contribution is 5.78. The van der Waals surface area contributed by atoms with Crippen molar-refractivity contribution in [1.82, 2.24) is 0 Å². The molecule has 0 spiro atoms. The van der Waals surface area contributed by atoms with Crippen molar-refractivity contribution in [2.24, 2.45) is 0 Å². The summed E-state index contributed by atoms with van der Waals surface area (Å²) < 4.78 is 13.3. The fourth-order valence-corrected chi connectivity index (χ4v) is 1.39. The van der Waals surface area contributed by atoms with Gasteiger partial charge in [0, 0.05) is 5.92 Å². The quantitative estimate of drug-likeness (QED) is 0.829. The van der Waals surface area contributed by atoms with Crippen LogP contribution in [0.4, 0.5) is 4.39 Å². The van der Waals surface area contributed by atoms with Gasteiger partial charge in [0.25, 0.3) is 0 Å². The van der Waals surface area contributed by atoms with Crippen molar-refractivity contribution in [2.75, 3.05) is 0 Å². The number of aliphatic hydroxyl groups is 1. The van der Waals surface area contributed by atoms with Crippen molar-refractivity contribution in [3.8, 4) is 0 Å². The van der Waals surface area contributed by atoms with Crippen LogP contribution in [-0.2, 0) is 4.79 Å². The third kappa shape index (κ3) is 2.22. The number of rotatable bonds is 3. The monoisotopic (exact) mass is 226 g/mol. The second-order valence-electron chi connectivity index (χ2n) is 4.18. The number of hydrogen-bond donors (Lipinski definition) is 2. The van der Waals surface area contributed by atoms with Crippen LogP contribution in [0.1, 0.15) is 30.9 Å². The molecule has 0 aliphatic heterocycles. The summed E-state index contributed by atoms with van der Waals surface area (Å²) in [6.07, 6.45) is 0. The Morgan fingerprint density at radius 1 is 1.50 bits per heavy atom. The van der Waals surface area contributed by atoms with E-state index in [1.54, 1.807) is 26.0 Å². The molecule has 0 saturated heterocycles. The molecule has 4 heteroatoms. The largest absolute Gasteiger partial charge is 0.479 e. The molecule has 1 aromatic rings. The second-order valence-corrected chi connectivity index (χ2v) is 4.18. The number of aliphatic carboxylic acids is 1. The highest BCUT2D eigenvalue weighted by Gasteiger charge is 2.37. The van der Waals surface area contributed by atoms with Gasteiger partial charge in [-0.2, -0.15) is 0 Å². The third-order valence-electron chi connectivity index (χ3n) is 2.97. The molecule has 2 unspecified atom stereocenters. The van der Waals surface area contributed by atoms with Gasteiger partial charge >= 0.3 is 5.97 Å². The predicted octanol–water partition coefficient (Wildman–Crippen LogP) is 2.07. The van der Waals surface area contributed by atoms with Crippen molar-refractivity contribution < 1.29 is 19.4 Å². The van der Waals surface area contributed by atoms with Crippen LogP contribution >= 0.6 is 0 Å². The van der Waals surface area contributed by atoms with Crippen LogP contribution in [0.5, 0.6) is 0 Å². The number of benzene rings is 1. The average molecular weight is 226 g/mol. The lowest BCUT2D eigenvalue weighted by atomic mass is 9.84. The van der Waals surface area contributed by atoms with Gasteiger partial charge < -0.3 is 10.2 Å². The number of aryl methyl sites for hydroxylation is 1. The van der Waals surface area contributed by atoms with E-state index < -0.39 is 23.3 Å². The molecule has 0 heterocycles. The molecule has 16 heavy (non-hydrogen) atoms. The molecular weight excluding hydrogens is 211 g/mol. The Bertz CT molecular complexity index is 413. The van der Waals surface area contributed by atoms with Crippen molar-refractivity contribution in [1.29, 1.82) is 0 Å². The zero-order valence-electron chi connectivity index (χ0n) is 9.49. The molecule has 2 atom stereocenters. The maximum absolute atomic E-state index is 13.3. The van der Waals surface area contributed by atoms with Crippen molar-refractivity contribution in [2.45, 2.75) is 32.3 Å². The van der Waals surface area contributed by atoms with Crippen LogP contribution in [-0.4, -0.2) is 21.8 Å². The maximum atomic E-state index is 13.3. The summed E-state index contributed by atoms with van der Waals surface area (Å²) in [6.45, 7) is 4.38. The first-order valence-corrected chi connectivity index (χ1v) is 4.98. The van der Waals surface area contributed by atoms with E-state index >= 15 is 0 Å². The van der Waals surface area contributed by atoms with Crippen LogP contribution in [0.3, 0.4) is 0 Å². The Hall–Kier alpha value is -1.42. The van der Waals surface area contributed by atoms with Gasteiger partial charge in [-0.25, -0.2) is 9.18 Å². The Labute approximate surface area is 93.5 Å². The van der Waals surface area contributed by atoms with E-state index in [1.165, 1.54) is 13.0 Å². The van der Waals surface area contributed by atoms with E-state index in [1.807, 2.05) is 0 Å². The minimum absolute atomic E-state index is 0.398. The molecule has 0 saturated carbocycles. The summed E-state index contributed by atoms with van der Waals surface area (Å²) in [4.78, 5) is 10.8. The van der Waals surface area contributed by atoms with Gasteiger partial charge in [0.1, 0.15) is 5.82 Å². The standard InChI is InChI=1S/C12H15FO3/c1-7-4-5-9(6-10(7)13)8(2)12(3,16)11(14)15/h4-6,8,16H,1-3H3,(H,14,15). The fourth-order valence-electron chi connectivity index (χ4n) is 1.39. The summed E-state index contributed by atoms with van der Waals surface area (Å²) >= 11 is 0. The normalized spacial score (nSPS) is 16.6. The van der Waals surface area contributed by atoms with Gasteiger partial charge in [-0.3, -0.25) is 0 Å². The van der Waals surface area contributed by atoms with Gasteiger partial charge in [-0.05, 0) is 31.0 Å². The number of hydrogen-bond acceptors (Lipinski definition) is 2. The summed E-state index contributed by atoms with van der Waals surface area (Å²) in [5, 5.41) is 18.6. The molecule has 0 fully saturated rings. The Morgan fingerprint density at radius 3 is 2.50 bits per heavy atom. The molecular formula is C12H15FO3. The molecule has 88 valence electrons. The van der Waals surface area contributed by atoms with E-state index in [-0.39, 0.29) is 0 Å². The molecule has 0 amide bonds. The van der Waals surface area contributed by atoms with Crippen LogP contribution in [0, 0.1) is 12.7 Å². The van der Waals surface area contributed by atoms with Gasteiger partial charge in [0.2, 0.25) is 0 Å². The van der Waals surface area contributed by atoms with E-state index in [0.717, 1.165) is 0 Å². The lowest BCUT2D eigenvalue weighted by Crippen LogP contribution is -2.40. The minimum Gasteiger partial charge on any atom is -0.479 e. The summed E-state index contributed by atoms with van der Waals surface area (Å²) in [7, 11) is 0. The molecule has 0 aromatic heterocycles. The van der Waals surface area contributed by atoms with Gasteiger partial charge in [-0.15, -0.1) is 0 Å². The number of carbonyl (C=O) groups is 1. The smallest absolute Gasteiger partial charge is 0.336 e. The molecule has 0 aliphatic carbocycles. The zero-order valence-corrected chi connectivity index (χ0v) is 9.49. The molecule has 1 rings (SSSR count). The van der Waals surface area contributed by atoms with E-state index in [4.69, 9.17) is 5.11 Å². The molecule has 3 nitrogen and oxygen atoms in total. The van der Waals surface area contributed by atoms with Crippen LogP contribution in [0.25, 0.3) is 0 Å². The fraction of sp³-hybridized carbons (Fsp3) is 0.417. The van der Waals surface area contributed by atoms with E-state index in [0.29, 0.717) is 11.1 Å². The lowest BCUT2D eigenvalue weighted by Gasteiger charge is -2.26. The SMILES string of the molecule is Cc1ccc(C(C)C(C)(O)C(=O)O)cc1F.